The monoisotopic (exact) mass is 252 g/mol. The smallest absolute Gasteiger partial charge is 0.223 e. The Morgan fingerprint density at radius 2 is 2.00 bits per heavy atom. The van der Waals surface area contributed by atoms with Crippen LogP contribution >= 0.6 is 0 Å². The summed E-state index contributed by atoms with van der Waals surface area (Å²) in [7, 11) is 0. The Balaban J connectivity index is 1.90. The lowest BCUT2D eigenvalue weighted by Crippen LogP contribution is -2.42. The zero-order valence-corrected chi connectivity index (χ0v) is 12.0. The number of amides is 1. The second-order valence-corrected chi connectivity index (χ2v) is 6.44. The fourth-order valence-electron chi connectivity index (χ4n) is 3.32. The van der Waals surface area contributed by atoms with Gasteiger partial charge in [0, 0.05) is 19.0 Å². The van der Waals surface area contributed by atoms with Crippen LogP contribution in [0.5, 0.6) is 0 Å². The molecule has 104 valence electrons. The van der Waals surface area contributed by atoms with Crippen molar-refractivity contribution in [2.24, 2.45) is 11.8 Å². The van der Waals surface area contributed by atoms with E-state index in [9.17, 15) is 4.79 Å². The van der Waals surface area contributed by atoms with E-state index in [0.717, 1.165) is 26.1 Å². The third-order valence-electron chi connectivity index (χ3n) is 4.27. The highest BCUT2D eigenvalue weighted by molar-refractivity contribution is 5.77. The van der Waals surface area contributed by atoms with Crippen molar-refractivity contribution in [2.75, 3.05) is 19.6 Å². The third-order valence-corrected chi connectivity index (χ3v) is 4.27. The van der Waals surface area contributed by atoms with Gasteiger partial charge in [-0.25, -0.2) is 0 Å². The first-order valence-corrected chi connectivity index (χ1v) is 7.67. The van der Waals surface area contributed by atoms with Crippen molar-refractivity contribution in [3.8, 4) is 0 Å². The largest absolute Gasteiger partial charge is 0.339 e. The quantitative estimate of drug-likeness (QED) is 0.815. The molecule has 2 fully saturated rings. The minimum atomic E-state index is 0.407. The minimum Gasteiger partial charge on any atom is -0.339 e. The van der Waals surface area contributed by atoms with E-state index in [1.807, 2.05) is 0 Å². The molecule has 18 heavy (non-hydrogen) atoms. The summed E-state index contributed by atoms with van der Waals surface area (Å²) in [6.07, 6.45) is 6.99. The summed E-state index contributed by atoms with van der Waals surface area (Å²) in [5.74, 6) is 1.56. The number of hydrogen-bond acceptors (Lipinski definition) is 2. The summed E-state index contributed by atoms with van der Waals surface area (Å²) >= 11 is 0. The fraction of sp³-hybridized carbons (Fsp3) is 0.933. The predicted octanol–water partition coefficient (Wildman–Crippen LogP) is 2.41. The lowest BCUT2D eigenvalue weighted by atomic mass is 10.0. The van der Waals surface area contributed by atoms with Crippen molar-refractivity contribution in [1.82, 2.24) is 10.2 Å². The topological polar surface area (TPSA) is 32.3 Å². The van der Waals surface area contributed by atoms with E-state index < -0.39 is 0 Å². The van der Waals surface area contributed by atoms with E-state index >= 15 is 0 Å². The van der Waals surface area contributed by atoms with Crippen molar-refractivity contribution >= 4 is 5.91 Å². The van der Waals surface area contributed by atoms with Gasteiger partial charge in [-0.05, 0) is 44.2 Å². The molecule has 1 N–H and O–H groups in total. The van der Waals surface area contributed by atoms with Gasteiger partial charge in [-0.1, -0.05) is 26.7 Å². The molecule has 3 nitrogen and oxygen atoms in total. The number of hydrogen-bond donors (Lipinski definition) is 1. The van der Waals surface area contributed by atoms with Crippen LogP contribution in [-0.4, -0.2) is 36.5 Å². The Kier molecular flexibility index (Phi) is 5.04. The van der Waals surface area contributed by atoms with Crippen LogP contribution in [-0.2, 0) is 4.79 Å². The number of carbonyl (C=O) groups is 1. The summed E-state index contributed by atoms with van der Waals surface area (Å²) in [5.41, 5.74) is 0. The molecule has 3 heteroatoms. The van der Waals surface area contributed by atoms with Gasteiger partial charge in [-0.2, -0.15) is 0 Å². The molecule has 0 aromatic rings. The number of rotatable bonds is 5. The molecule has 0 aromatic heterocycles. The molecular formula is C15H28N2O. The Bertz CT molecular complexity index is 266. The van der Waals surface area contributed by atoms with Gasteiger partial charge in [0.1, 0.15) is 0 Å². The molecular weight excluding hydrogens is 224 g/mol. The van der Waals surface area contributed by atoms with Crippen LogP contribution in [0.15, 0.2) is 0 Å². The van der Waals surface area contributed by atoms with Crippen LogP contribution in [0.2, 0.25) is 0 Å². The first kappa shape index (κ1) is 13.9. The van der Waals surface area contributed by atoms with E-state index in [4.69, 9.17) is 0 Å². The van der Waals surface area contributed by atoms with E-state index in [-0.39, 0.29) is 0 Å². The second-order valence-electron chi connectivity index (χ2n) is 6.44. The van der Waals surface area contributed by atoms with Crippen molar-refractivity contribution in [1.29, 1.82) is 0 Å². The molecule has 1 aliphatic heterocycles. The predicted molar refractivity (Wildman–Crippen MR) is 74.4 cm³/mol. The van der Waals surface area contributed by atoms with Gasteiger partial charge < -0.3 is 10.2 Å². The number of nitrogens with one attached hydrogen (secondary N) is 1. The summed E-state index contributed by atoms with van der Waals surface area (Å²) in [6.45, 7) is 7.50. The van der Waals surface area contributed by atoms with Crippen LogP contribution in [0.1, 0.15) is 52.4 Å². The van der Waals surface area contributed by atoms with Crippen molar-refractivity contribution in [2.45, 2.75) is 58.4 Å². The highest BCUT2D eigenvalue weighted by atomic mass is 16.2. The van der Waals surface area contributed by atoms with Gasteiger partial charge in [0.2, 0.25) is 5.91 Å². The van der Waals surface area contributed by atoms with E-state index in [1.165, 1.54) is 32.1 Å². The van der Waals surface area contributed by atoms with Gasteiger partial charge in [0.25, 0.3) is 0 Å². The van der Waals surface area contributed by atoms with Crippen LogP contribution in [0, 0.1) is 11.8 Å². The normalized spacial score (nSPS) is 24.9. The molecule has 1 amide bonds. The van der Waals surface area contributed by atoms with E-state index in [1.54, 1.807) is 0 Å². The van der Waals surface area contributed by atoms with Crippen LogP contribution in [0.3, 0.4) is 0 Å². The minimum absolute atomic E-state index is 0.407. The molecule has 2 rings (SSSR count). The molecule has 1 atom stereocenters. The standard InChI is InChI=1S/C15H28N2O/c1-12(2)11-17(14-5-3-4-6-14)15(18)9-13-7-8-16-10-13/h12-14,16H,3-11H2,1-2H3. The average molecular weight is 252 g/mol. The lowest BCUT2D eigenvalue weighted by Gasteiger charge is -2.31. The molecule has 1 unspecified atom stereocenters. The molecule has 1 aliphatic carbocycles. The SMILES string of the molecule is CC(C)CN(C(=O)CC1CCNC1)C1CCCC1. The van der Waals surface area contributed by atoms with E-state index in [2.05, 4.69) is 24.1 Å². The maximum atomic E-state index is 12.5. The number of carbonyl (C=O) groups excluding carboxylic acids is 1. The van der Waals surface area contributed by atoms with Crippen molar-refractivity contribution < 1.29 is 4.79 Å². The highest BCUT2D eigenvalue weighted by Gasteiger charge is 2.29. The summed E-state index contributed by atoms with van der Waals surface area (Å²) in [4.78, 5) is 14.7. The van der Waals surface area contributed by atoms with Gasteiger partial charge in [-0.15, -0.1) is 0 Å². The summed E-state index contributed by atoms with van der Waals surface area (Å²) in [6, 6.07) is 0.536. The summed E-state index contributed by atoms with van der Waals surface area (Å²) < 4.78 is 0. The maximum Gasteiger partial charge on any atom is 0.223 e. The molecule has 1 saturated heterocycles. The second kappa shape index (κ2) is 6.55. The van der Waals surface area contributed by atoms with Gasteiger partial charge in [0.05, 0.1) is 0 Å². The fourth-order valence-corrected chi connectivity index (χ4v) is 3.32. The number of nitrogens with zero attached hydrogens (tertiary/aromatic N) is 1. The summed E-state index contributed by atoms with van der Waals surface area (Å²) in [5, 5.41) is 3.36. The van der Waals surface area contributed by atoms with Gasteiger partial charge in [-0.3, -0.25) is 4.79 Å². The zero-order chi connectivity index (χ0) is 13.0. The first-order chi connectivity index (χ1) is 8.66. The van der Waals surface area contributed by atoms with Gasteiger partial charge >= 0.3 is 0 Å². The Morgan fingerprint density at radius 3 is 2.56 bits per heavy atom. The van der Waals surface area contributed by atoms with Crippen LogP contribution in [0.4, 0.5) is 0 Å². The van der Waals surface area contributed by atoms with Crippen LogP contribution < -0.4 is 5.32 Å². The van der Waals surface area contributed by atoms with E-state index in [0.29, 0.717) is 23.8 Å². The average Bonchev–Trinajstić information content (AvgIpc) is 2.97. The van der Waals surface area contributed by atoms with Crippen molar-refractivity contribution in [3.05, 3.63) is 0 Å². The maximum absolute atomic E-state index is 12.5. The molecule has 0 spiro atoms. The third kappa shape index (κ3) is 3.71. The Labute approximate surface area is 111 Å². The van der Waals surface area contributed by atoms with Crippen molar-refractivity contribution in [3.63, 3.8) is 0 Å². The zero-order valence-electron chi connectivity index (χ0n) is 12.0. The first-order valence-electron chi connectivity index (χ1n) is 7.67. The van der Waals surface area contributed by atoms with Gasteiger partial charge in [0.15, 0.2) is 0 Å². The molecule has 2 aliphatic rings. The molecule has 0 aromatic carbocycles. The Morgan fingerprint density at radius 1 is 1.28 bits per heavy atom. The highest BCUT2D eigenvalue weighted by Crippen LogP contribution is 2.26. The Hall–Kier alpha value is -0.570. The lowest BCUT2D eigenvalue weighted by molar-refractivity contribution is -0.135. The molecule has 1 saturated carbocycles. The molecule has 1 heterocycles. The van der Waals surface area contributed by atoms with Crippen LogP contribution in [0.25, 0.3) is 0 Å². The molecule has 0 bridgehead atoms. The molecule has 0 radical (unpaired) electrons.